The Hall–Kier alpha value is -6.44. The molecule has 0 fully saturated rings. The maximum atomic E-state index is 2.72. The van der Waals surface area contributed by atoms with Crippen LogP contribution in [0, 0.1) is 13.8 Å². The minimum Gasteiger partial charge on any atom is -0.308 e. The summed E-state index contributed by atoms with van der Waals surface area (Å²) in [5.41, 5.74) is 26.1. The van der Waals surface area contributed by atoms with Gasteiger partial charge in [-0.05, 0) is 109 Å². The van der Waals surface area contributed by atoms with Crippen molar-refractivity contribution in [2.24, 2.45) is 0 Å². The summed E-state index contributed by atoms with van der Waals surface area (Å²) in [4.78, 5) is 2.72. The van der Waals surface area contributed by atoms with Crippen molar-refractivity contribution in [1.29, 1.82) is 0 Å². The highest BCUT2D eigenvalue weighted by molar-refractivity contribution is 6.08. The average Bonchev–Trinajstić information content (AvgIpc) is 3.81. The number of hydrogen-bond acceptors (Lipinski definition) is 1. The van der Waals surface area contributed by atoms with Gasteiger partial charge in [0.2, 0.25) is 0 Å². The number of nitrogens with zero attached hydrogens (tertiary/aromatic N) is 1. The minimum absolute atomic E-state index is 0.163. The van der Waals surface area contributed by atoms with E-state index in [1.807, 2.05) is 0 Å². The van der Waals surface area contributed by atoms with Crippen LogP contribution >= 0.6 is 0 Å². The zero-order chi connectivity index (χ0) is 38.8. The van der Waals surface area contributed by atoms with Crippen LogP contribution in [0.4, 0.5) is 17.1 Å². The fourth-order valence-electron chi connectivity index (χ4n) is 9.83. The number of fused-ring (bicyclic) bond motifs is 6. The van der Waals surface area contributed by atoms with Gasteiger partial charge in [0.25, 0.3) is 0 Å². The summed E-state index contributed by atoms with van der Waals surface area (Å²) in [5.74, 6) is 0. The molecule has 2 aliphatic rings. The van der Waals surface area contributed by atoms with Crippen LogP contribution in [0.1, 0.15) is 59.7 Å². The first-order valence-corrected chi connectivity index (χ1v) is 20.4. The Labute approximate surface area is 337 Å². The van der Waals surface area contributed by atoms with E-state index in [4.69, 9.17) is 0 Å². The molecule has 0 spiro atoms. The number of benzene rings is 8. The lowest BCUT2D eigenvalue weighted by atomic mass is 9.73. The summed E-state index contributed by atoms with van der Waals surface area (Å²) in [6.07, 6.45) is 1.75. The van der Waals surface area contributed by atoms with Crippen molar-refractivity contribution in [3.63, 3.8) is 0 Å². The standard InChI is InChI=1S/C56H47N/c1-36-33-46-43-29-17-15-27-41(43)34-47(46)54(37(36)2)57(49-32-20-19-30-44(49)38-21-9-6-10-22-38)55-48-35-42-28-16-18-31-45(42)52(48)53(56(3,4)5)50(39-23-11-7-12-24-39)51(55)40-25-13-8-14-26-40/h6-33H,34-35H2,1-5H3. The van der Waals surface area contributed by atoms with Crippen molar-refractivity contribution < 1.29 is 0 Å². The molecule has 1 nitrogen and oxygen atoms in total. The van der Waals surface area contributed by atoms with Gasteiger partial charge in [0, 0.05) is 24.0 Å². The molecule has 0 aliphatic heterocycles. The van der Waals surface area contributed by atoms with Crippen molar-refractivity contribution in [1.82, 2.24) is 0 Å². The lowest BCUT2D eigenvalue weighted by molar-refractivity contribution is 0.593. The van der Waals surface area contributed by atoms with Gasteiger partial charge in [0.05, 0.1) is 17.1 Å². The van der Waals surface area contributed by atoms with Crippen LogP contribution in [-0.2, 0) is 18.3 Å². The van der Waals surface area contributed by atoms with Crippen molar-refractivity contribution in [3.8, 4) is 55.6 Å². The molecular weight excluding hydrogens is 687 g/mol. The van der Waals surface area contributed by atoms with Crippen molar-refractivity contribution in [3.05, 3.63) is 209 Å². The van der Waals surface area contributed by atoms with Crippen molar-refractivity contribution in [2.45, 2.75) is 52.9 Å². The first-order chi connectivity index (χ1) is 27.8. The van der Waals surface area contributed by atoms with E-state index in [0.29, 0.717) is 0 Å². The van der Waals surface area contributed by atoms with Gasteiger partial charge >= 0.3 is 0 Å². The Morgan fingerprint density at radius 1 is 0.421 bits per heavy atom. The second-order valence-electron chi connectivity index (χ2n) is 16.9. The van der Waals surface area contributed by atoms with Gasteiger partial charge in [-0.2, -0.15) is 0 Å². The highest BCUT2D eigenvalue weighted by atomic mass is 15.2. The topological polar surface area (TPSA) is 3.24 Å². The predicted octanol–water partition coefficient (Wildman–Crippen LogP) is 15.2. The molecule has 0 N–H and O–H groups in total. The third kappa shape index (κ3) is 5.67. The molecule has 8 aromatic carbocycles. The molecule has 1 heteroatoms. The zero-order valence-electron chi connectivity index (χ0n) is 33.5. The lowest BCUT2D eigenvalue weighted by Gasteiger charge is -2.38. The summed E-state index contributed by atoms with van der Waals surface area (Å²) in [7, 11) is 0. The molecule has 0 saturated heterocycles. The van der Waals surface area contributed by atoms with Crippen LogP contribution in [0.2, 0.25) is 0 Å². The molecule has 10 rings (SSSR count). The van der Waals surface area contributed by atoms with Crippen LogP contribution in [0.25, 0.3) is 55.6 Å². The number of aryl methyl sites for hydroxylation is 1. The molecule has 0 aromatic heterocycles. The summed E-state index contributed by atoms with van der Waals surface area (Å²) in [6.45, 7) is 11.9. The van der Waals surface area contributed by atoms with E-state index in [1.165, 1.54) is 112 Å². The van der Waals surface area contributed by atoms with E-state index in [9.17, 15) is 0 Å². The minimum atomic E-state index is -0.163. The Bertz CT molecular complexity index is 2820. The van der Waals surface area contributed by atoms with Gasteiger partial charge in [-0.25, -0.2) is 0 Å². The van der Waals surface area contributed by atoms with E-state index in [0.717, 1.165) is 12.8 Å². The monoisotopic (exact) mass is 733 g/mol. The van der Waals surface area contributed by atoms with Gasteiger partial charge in [0.1, 0.15) is 0 Å². The van der Waals surface area contributed by atoms with Gasteiger partial charge in [-0.15, -0.1) is 0 Å². The average molecular weight is 734 g/mol. The van der Waals surface area contributed by atoms with Gasteiger partial charge in [0.15, 0.2) is 0 Å². The van der Waals surface area contributed by atoms with Crippen LogP contribution in [0.5, 0.6) is 0 Å². The molecule has 57 heavy (non-hydrogen) atoms. The Kier molecular flexibility index (Phi) is 8.38. The number of rotatable bonds is 6. The van der Waals surface area contributed by atoms with Crippen molar-refractivity contribution in [2.75, 3.05) is 4.90 Å². The lowest BCUT2D eigenvalue weighted by Crippen LogP contribution is -2.21. The first-order valence-electron chi connectivity index (χ1n) is 20.4. The molecule has 0 amide bonds. The normalized spacial score (nSPS) is 12.5. The quantitative estimate of drug-likeness (QED) is 0.164. The predicted molar refractivity (Wildman–Crippen MR) is 242 cm³/mol. The van der Waals surface area contributed by atoms with Gasteiger partial charge in [-0.1, -0.05) is 185 Å². The first kappa shape index (κ1) is 35.0. The molecular formula is C56H47N. The third-order valence-corrected chi connectivity index (χ3v) is 12.4. The highest BCUT2D eigenvalue weighted by Gasteiger charge is 2.39. The number of anilines is 3. The maximum absolute atomic E-state index is 2.72. The molecule has 0 heterocycles. The van der Waals surface area contributed by atoms with Crippen LogP contribution in [0.15, 0.2) is 170 Å². The summed E-state index contributed by atoms with van der Waals surface area (Å²) in [5, 5.41) is 0. The third-order valence-electron chi connectivity index (χ3n) is 12.4. The van der Waals surface area contributed by atoms with E-state index in [-0.39, 0.29) is 5.41 Å². The summed E-state index contributed by atoms with van der Waals surface area (Å²) >= 11 is 0. The Morgan fingerprint density at radius 2 is 0.912 bits per heavy atom. The second-order valence-corrected chi connectivity index (χ2v) is 16.9. The SMILES string of the molecule is Cc1cc2c(c(N(c3ccccc3-c3ccccc3)c3c4c(c(C(C)(C)C)c(-c5ccccc5)c3-c3ccccc3)-c3ccccc3C4)c1C)Cc1ccccc1-2. The molecule has 0 saturated carbocycles. The second kappa shape index (κ2) is 13.6. The summed E-state index contributed by atoms with van der Waals surface area (Å²) < 4.78 is 0. The van der Waals surface area contributed by atoms with Crippen LogP contribution in [-0.4, -0.2) is 0 Å². The molecule has 0 bridgehead atoms. The molecule has 8 aromatic rings. The van der Waals surface area contributed by atoms with E-state index in [1.54, 1.807) is 0 Å². The Balaban J connectivity index is 1.45. The van der Waals surface area contributed by atoms with E-state index < -0.39 is 0 Å². The number of hydrogen-bond donors (Lipinski definition) is 0. The van der Waals surface area contributed by atoms with E-state index in [2.05, 4.69) is 209 Å². The molecule has 0 unspecified atom stereocenters. The van der Waals surface area contributed by atoms with Crippen molar-refractivity contribution >= 4 is 17.1 Å². The molecule has 276 valence electrons. The largest absolute Gasteiger partial charge is 0.308 e. The summed E-state index contributed by atoms with van der Waals surface area (Å²) in [6, 6.07) is 63.1. The Morgan fingerprint density at radius 3 is 1.54 bits per heavy atom. The smallest absolute Gasteiger partial charge is 0.0588 e. The van der Waals surface area contributed by atoms with Gasteiger partial charge < -0.3 is 4.90 Å². The maximum Gasteiger partial charge on any atom is 0.0588 e. The number of para-hydroxylation sites is 1. The van der Waals surface area contributed by atoms with Crippen LogP contribution in [0.3, 0.4) is 0 Å². The molecule has 0 atom stereocenters. The molecule has 2 aliphatic carbocycles. The van der Waals surface area contributed by atoms with Crippen LogP contribution < -0.4 is 4.90 Å². The van der Waals surface area contributed by atoms with E-state index >= 15 is 0 Å². The zero-order valence-corrected chi connectivity index (χ0v) is 33.5. The highest BCUT2D eigenvalue weighted by Crippen LogP contribution is 2.60. The molecule has 0 radical (unpaired) electrons. The van der Waals surface area contributed by atoms with Gasteiger partial charge in [-0.3, -0.25) is 0 Å². The fourth-order valence-corrected chi connectivity index (χ4v) is 9.83. The fraction of sp³-hybridized carbons (Fsp3) is 0.143.